The highest BCUT2D eigenvalue weighted by molar-refractivity contribution is 5.95. The molecule has 0 aliphatic carbocycles. The maximum Gasteiger partial charge on any atom is 0.401 e. The molecule has 1 fully saturated rings. The fraction of sp³-hybridized carbons (Fsp3) is 0.462. The monoisotopic (exact) mass is 329 g/mol. The number of nitrogens with one attached hydrogen (secondary N) is 1. The summed E-state index contributed by atoms with van der Waals surface area (Å²) in [4.78, 5) is 17.3. The zero-order valence-corrected chi connectivity index (χ0v) is 12.0. The lowest BCUT2D eigenvalue weighted by molar-refractivity contribution is -0.165. The molecule has 1 atom stereocenters. The van der Waals surface area contributed by atoms with E-state index in [1.54, 1.807) is 12.1 Å². The summed E-state index contributed by atoms with van der Waals surface area (Å²) in [5, 5.41) is 6.53. The lowest BCUT2D eigenvalue weighted by atomic mass is 10.2. The van der Waals surface area contributed by atoms with E-state index < -0.39 is 24.7 Å². The number of carbonyl (C=O) groups is 1. The van der Waals surface area contributed by atoms with Crippen LogP contribution in [0.2, 0.25) is 0 Å². The molecular formula is C13H14F3N5O2. The van der Waals surface area contributed by atoms with Gasteiger partial charge in [-0.25, -0.2) is 9.50 Å². The van der Waals surface area contributed by atoms with Gasteiger partial charge in [0.05, 0.1) is 31.6 Å². The molecule has 10 heteroatoms. The molecule has 7 nitrogen and oxygen atoms in total. The van der Waals surface area contributed by atoms with E-state index in [0.29, 0.717) is 11.3 Å². The average Bonchev–Trinajstić information content (AvgIpc) is 2.93. The van der Waals surface area contributed by atoms with E-state index in [-0.39, 0.29) is 19.8 Å². The zero-order valence-electron chi connectivity index (χ0n) is 12.0. The van der Waals surface area contributed by atoms with Crippen molar-refractivity contribution in [3.8, 4) is 0 Å². The normalized spacial score (nSPS) is 19.9. The third-order valence-electron chi connectivity index (χ3n) is 3.47. The topological polar surface area (TPSA) is 71.8 Å². The molecule has 1 unspecified atom stereocenters. The predicted octanol–water partition coefficient (Wildman–Crippen LogP) is 0.931. The van der Waals surface area contributed by atoms with Crippen molar-refractivity contribution in [1.82, 2.24) is 19.5 Å². The fourth-order valence-electron chi connectivity index (χ4n) is 2.42. The number of halogens is 3. The number of nitrogens with zero attached hydrogens (tertiary/aromatic N) is 4. The highest BCUT2D eigenvalue weighted by atomic mass is 19.4. The first-order valence-electron chi connectivity index (χ1n) is 6.91. The van der Waals surface area contributed by atoms with Crippen LogP contribution < -0.4 is 5.32 Å². The molecule has 0 spiro atoms. The molecular weight excluding hydrogens is 315 g/mol. The molecule has 0 aromatic carbocycles. The van der Waals surface area contributed by atoms with Crippen LogP contribution in [-0.2, 0) is 9.53 Å². The summed E-state index contributed by atoms with van der Waals surface area (Å²) < 4.78 is 44.4. The van der Waals surface area contributed by atoms with E-state index in [0.717, 1.165) is 4.90 Å². The van der Waals surface area contributed by atoms with Crippen molar-refractivity contribution in [2.45, 2.75) is 12.2 Å². The van der Waals surface area contributed by atoms with Crippen LogP contribution >= 0.6 is 0 Å². The number of ether oxygens (including phenoxy) is 1. The Balaban J connectivity index is 1.72. The highest BCUT2D eigenvalue weighted by Crippen LogP contribution is 2.20. The first-order chi connectivity index (χ1) is 10.9. The number of anilines is 1. The second kappa shape index (κ2) is 6.13. The summed E-state index contributed by atoms with van der Waals surface area (Å²) in [6, 6.07) is 2.27. The zero-order chi connectivity index (χ0) is 16.4. The van der Waals surface area contributed by atoms with Crippen LogP contribution in [0.5, 0.6) is 0 Å². The second-order valence-corrected chi connectivity index (χ2v) is 5.15. The number of carbonyl (C=O) groups excluding carboxylic acids is 1. The molecule has 1 N–H and O–H groups in total. The number of aromatic nitrogens is 3. The van der Waals surface area contributed by atoms with Crippen LogP contribution in [0.15, 0.2) is 24.7 Å². The summed E-state index contributed by atoms with van der Waals surface area (Å²) in [6.45, 7) is -0.992. The number of fused-ring (bicyclic) bond motifs is 1. The minimum Gasteiger partial charge on any atom is -0.378 e. The summed E-state index contributed by atoms with van der Waals surface area (Å²) in [5.41, 5.74) is 1.02. The Morgan fingerprint density at radius 3 is 3.04 bits per heavy atom. The highest BCUT2D eigenvalue weighted by Gasteiger charge is 2.38. The molecule has 0 bridgehead atoms. The number of hydrogen-bond donors (Lipinski definition) is 1. The smallest absolute Gasteiger partial charge is 0.378 e. The standard InChI is InChI=1S/C13H14F3N5O2/c14-13(15,16)7-20-3-4-23-6-10(20)12(22)19-9-1-2-11-17-8-18-21(11)5-9/h1-2,5,8,10H,3-4,6-7H2,(H,19,22). The second-order valence-electron chi connectivity index (χ2n) is 5.15. The summed E-state index contributed by atoms with van der Waals surface area (Å²) in [7, 11) is 0. The molecule has 3 rings (SSSR count). The van der Waals surface area contributed by atoms with Crippen LogP contribution in [0.4, 0.5) is 18.9 Å². The summed E-state index contributed by atoms with van der Waals surface area (Å²) in [6.07, 6.45) is -1.46. The van der Waals surface area contributed by atoms with Gasteiger partial charge in [0.25, 0.3) is 0 Å². The van der Waals surface area contributed by atoms with E-state index >= 15 is 0 Å². The number of pyridine rings is 1. The first-order valence-corrected chi connectivity index (χ1v) is 6.91. The molecule has 1 aliphatic heterocycles. The Morgan fingerprint density at radius 1 is 1.43 bits per heavy atom. The van der Waals surface area contributed by atoms with E-state index in [1.165, 1.54) is 17.0 Å². The van der Waals surface area contributed by atoms with Crippen molar-refractivity contribution in [1.29, 1.82) is 0 Å². The predicted molar refractivity (Wildman–Crippen MR) is 73.9 cm³/mol. The molecule has 0 saturated carbocycles. The van der Waals surface area contributed by atoms with Gasteiger partial charge in [-0.15, -0.1) is 0 Å². The van der Waals surface area contributed by atoms with Crippen LogP contribution in [-0.4, -0.2) is 63.9 Å². The van der Waals surface area contributed by atoms with Gasteiger partial charge in [0, 0.05) is 6.54 Å². The lowest BCUT2D eigenvalue weighted by Crippen LogP contribution is -2.54. The van der Waals surface area contributed by atoms with Gasteiger partial charge in [-0.2, -0.15) is 18.3 Å². The fourth-order valence-corrected chi connectivity index (χ4v) is 2.42. The van der Waals surface area contributed by atoms with Crippen LogP contribution in [0, 0.1) is 0 Å². The Kier molecular flexibility index (Phi) is 4.18. The quantitative estimate of drug-likeness (QED) is 0.907. The number of amides is 1. The summed E-state index contributed by atoms with van der Waals surface area (Å²) in [5.74, 6) is -0.548. The van der Waals surface area contributed by atoms with Crippen LogP contribution in [0.3, 0.4) is 0 Å². The van der Waals surface area contributed by atoms with Gasteiger partial charge >= 0.3 is 6.18 Å². The number of morpholine rings is 1. The molecule has 1 saturated heterocycles. The lowest BCUT2D eigenvalue weighted by Gasteiger charge is -2.34. The summed E-state index contributed by atoms with van der Waals surface area (Å²) >= 11 is 0. The van der Waals surface area contributed by atoms with Gasteiger partial charge in [-0.1, -0.05) is 0 Å². The Labute approximate surface area is 129 Å². The van der Waals surface area contributed by atoms with Crippen molar-refractivity contribution >= 4 is 17.2 Å². The number of rotatable bonds is 3. The van der Waals surface area contributed by atoms with E-state index in [1.807, 2.05) is 0 Å². The van der Waals surface area contributed by atoms with Gasteiger partial charge in [-0.3, -0.25) is 9.69 Å². The van der Waals surface area contributed by atoms with Gasteiger partial charge in [0.2, 0.25) is 5.91 Å². The molecule has 0 radical (unpaired) electrons. The van der Waals surface area contributed by atoms with Crippen molar-refractivity contribution in [2.75, 3.05) is 31.6 Å². The van der Waals surface area contributed by atoms with Crippen molar-refractivity contribution in [3.05, 3.63) is 24.7 Å². The van der Waals surface area contributed by atoms with Crippen LogP contribution in [0.25, 0.3) is 5.65 Å². The molecule has 2 aromatic rings. The number of alkyl halides is 3. The molecule has 3 heterocycles. The molecule has 2 aromatic heterocycles. The maximum atomic E-state index is 12.6. The SMILES string of the molecule is O=C(Nc1ccc2ncnn2c1)C1COCCN1CC(F)(F)F. The molecule has 1 aliphatic rings. The Morgan fingerprint density at radius 2 is 2.26 bits per heavy atom. The average molecular weight is 329 g/mol. The van der Waals surface area contributed by atoms with E-state index in [2.05, 4.69) is 15.4 Å². The van der Waals surface area contributed by atoms with E-state index in [9.17, 15) is 18.0 Å². The largest absolute Gasteiger partial charge is 0.401 e. The molecule has 23 heavy (non-hydrogen) atoms. The Hall–Kier alpha value is -2.20. The third-order valence-corrected chi connectivity index (χ3v) is 3.47. The maximum absolute atomic E-state index is 12.6. The van der Waals surface area contributed by atoms with Gasteiger partial charge in [0.1, 0.15) is 12.4 Å². The first kappa shape index (κ1) is 15.7. The molecule has 124 valence electrons. The minimum atomic E-state index is -4.37. The Bertz CT molecular complexity index is 702. The van der Waals surface area contributed by atoms with Gasteiger partial charge in [-0.05, 0) is 12.1 Å². The molecule has 1 amide bonds. The van der Waals surface area contributed by atoms with E-state index in [4.69, 9.17) is 4.74 Å². The van der Waals surface area contributed by atoms with Gasteiger partial charge < -0.3 is 10.1 Å². The third kappa shape index (κ3) is 3.77. The minimum absolute atomic E-state index is 0.0553. The van der Waals surface area contributed by atoms with Crippen molar-refractivity contribution < 1.29 is 22.7 Å². The number of hydrogen-bond acceptors (Lipinski definition) is 5. The van der Waals surface area contributed by atoms with Gasteiger partial charge in [0.15, 0.2) is 5.65 Å². The van der Waals surface area contributed by atoms with Crippen LogP contribution in [0.1, 0.15) is 0 Å². The van der Waals surface area contributed by atoms with Crippen molar-refractivity contribution in [3.63, 3.8) is 0 Å². The van der Waals surface area contributed by atoms with Crippen molar-refractivity contribution in [2.24, 2.45) is 0 Å².